The minimum Gasteiger partial charge on any atom is -0.496 e. The van der Waals surface area contributed by atoms with Crippen molar-refractivity contribution in [1.82, 2.24) is 15.2 Å². The Hall–Kier alpha value is -3.61. The molecule has 11 nitrogen and oxygen atoms in total. The number of carbonyl (C=O) groups is 1. The lowest BCUT2D eigenvalue weighted by Gasteiger charge is -2.28. The molecule has 4 rings (SSSR count). The highest BCUT2D eigenvalue weighted by molar-refractivity contribution is 8.04. The summed E-state index contributed by atoms with van der Waals surface area (Å²) in [7, 11) is 1.51. The van der Waals surface area contributed by atoms with E-state index in [1.807, 2.05) is 4.90 Å². The van der Waals surface area contributed by atoms with Crippen LogP contribution in [0.3, 0.4) is 0 Å². The van der Waals surface area contributed by atoms with Gasteiger partial charge in [-0.15, -0.1) is 5.10 Å². The lowest BCUT2D eigenvalue weighted by Crippen LogP contribution is -2.36. The molecule has 0 saturated carbocycles. The molecular formula is C22H20ClN5O6S. The van der Waals surface area contributed by atoms with E-state index in [1.54, 1.807) is 30.3 Å². The first-order valence-electron chi connectivity index (χ1n) is 10.4. The number of nitrogens with one attached hydrogen (secondary N) is 1. The molecule has 2 heterocycles. The van der Waals surface area contributed by atoms with E-state index in [0.29, 0.717) is 59.7 Å². The number of carboxylic acids is 1. The van der Waals surface area contributed by atoms with E-state index in [1.165, 1.54) is 19.3 Å². The number of morpholine rings is 1. The van der Waals surface area contributed by atoms with Crippen molar-refractivity contribution in [2.24, 2.45) is 0 Å². The van der Waals surface area contributed by atoms with Crippen LogP contribution in [0.4, 0.5) is 11.4 Å². The van der Waals surface area contributed by atoms with Crippen molar-refractivity contribution >= 4 is 46.8 Å². The number of rotatable bonds is 8. The Bertz CT molecular complexity index is 1290. The lowest BCUT2D eigenvalue weighted by atomic mass is 10.1. The van der Waals surface area contributed by atoms with Gasteiger partial charge in [-0.3, -0.25) is 15.2 Å². The number of nitro groups is 1. The van der Waals surface area contributed by atoms with E-state index >= 15 is 0 Å². The van der Waals surface area contributed by atoms with Gasteiger partial charge in [-0.1, -0.05) is 17.7 Å². The molecule has 2 N–H and O–H groups in total. The number of hydrogen-bond donors (Lipinski definition) is 2. The molecule has 0 unspecified atom stereocenters. The molecule has 0 bridgehead atoms. The van der Waals surface area contributed by atoms with Crippen molar-refractivity contribution in [3.05, 3.63) is 62.0 Å². The number of hydrogen-bond acceptors (Lipinski definition) is 9. The van der Waals surface area contributed by atoms with E-state index in [-0.39, 0.29) is 15.7 Å². The van der Waals surface area contributed by atoms with Gasteiger partial charge >= 0.3 is 5.97 Å². The van der Waals surface area contributed by atoms with Crippen LogP contribution < -0.4 is 9.64 Å². The molecule has 0 amide bonds. The van der Waals surface area contributed by atoms with Gasteiger partial charge in [0, 0.05) is 24.2 Å². The second-order valence-electron chi connectivity index (χ2n) is 7.33. The number of aliphatic carboxylic acids is 1. The number of aromatic amines is 1. The number of nitro benzene ring substituents is 1. The summed E-state index contributed by atoms with van der Waals surface area (Å²) in [5.41, 5.74) is 1.29. The average Bonchev–Trinajstić information content (AvgIpc) is 3.32. The standard InChI is InChI=1S/C22H20ClN5O6S/c1-33-18-5-3-14(23)12-15(18)20-24-22(26-25-20)35-19(21(29)30)11-13-2-4-16(17(10-13)28(31)32)27-6-8-34-9-7-27/h2-5,10-12H,6-9H2,1H3,(H,29,30)(H,24,25,26)/b19-11+. The Morgan fingerprint density at radius 2 is 2.09 bits per heavy atom. The number of benzene rings is 2. The van der Waals surface area contributed by atoms with E-state index in [9.17, 15) is 20.0 Å². The van der Waals surface area contributed by atoms with E-state index < -0.39 is 10.9 Å². The molecule has 2 aromatic carbocycles. The third kappa shape index (κ3) is 5.73. The van der Waals surface area contributed by atoms with Gasteiger partial charge in [0.1, 0.15) is 16.3 Å². The van der Waals surface area contributed by atoms with Crippen LogP contribution in [-0.4, -0.2) is 64.6 Å². The van der Waals surface area contributed by atoms with Crippen LogP contribution in [0.1, 0.15) is 5.56 Å². The third-order valence-corrected chi connectivity index (χ3v) is 6.25. The predicted octanol–water partition coefficient (Wildman–Crippen LogP) is 4.10. The van der Waals surface area contributed by atoms with Crippen LogP contribution in [-0.2, 0) is 9.53 Å². The molecule has 0 spiro atoms. The highest BCUT2D eigenvalue weighted by atomic mass is 35.5. The van der Waals surface area contributed by atoms with E-state index in [0.717, 1.165) is 11.8 Å². The van der Waals surface area contributed by atoms with Crippen molar-refractivity contribution in [2.75, 3.05) is 38.3 Å². The molecule has 0 aliphatic carbocycles. The molecule has 182 valence electrons. The predicted molar refractivity (Wildman–Crippen MR) is 131 cm³/mol. The summed E-state index contributed by atoms with van der Waals surface area (Å²) < 4.78 is 10.6. The minimum atomic E-state index is -1.22. The maximum atomic E-state index is 11.9. The highest BCUT2D eigenvalue weighted by Gasteiger charge is 2.22. The summed E-state index contributed by atoms with van der Waals surface area (Å²) in [6.07, 6.45) is 1.35. The molecule has 1 aliphatic rings. The number of ether oxygens (including phenoxy) is 2. The fraction of sp³-hybridized carbons (Fsp3) is 0.227. The Morgan fingerprint density at radius 3 is 2.77 bits per heavy atom. The molecule has 3 aromatic rings. The largest absolute Gasteiger partial charge is 0.496 e. The Kier molecular flexibility index (Phi) is 7.54. The summed E-state index contributed by atoms with van der Waals surface area (Å²) >= 11 is 6.88. The topological polar surface area (TPSA) is 144 Å². The Labute approximate surface area is 208 Å². The molecule has 13 heteroatoms. The number of aromatic nitrogens is 3. The maximum Gasteiger partial charge on any atom is 0.342 e. The van der Waals surface area contributed by atoms with Crippen molar-refractivity contribution in [3.63, 3.8) is 0 Å². The van der Waals surface area contributed by atoms with Gasteiger partial charge in [-0.2, -0.15) is 0 Å². The molecule has 1 saturated heterocycles. The van der Waals surface area contributed by atoms with Gasteiger partial charge in [0.25, 0.3) is 5.69 Å². The summed E-state index contributed by atoms with van der Waals surface area (Å²) in [5, 5.41) is 28.9. The number of anilines is 1. The van der Waals surface area contributed by atoms with Crippen molar-refractivity contribution < 1.29 is 24.3 Å². The zero-order valence-electron chi connectivity index (χ0n) is 18.4. The van der Waals surface area contributed by atoms with E-state index in [4.69, 9.17) is 21.1 Å². The van der Waals surface area contributed by atoms with Gasteiger partial charge in [0.2, 0.25) is 5.16 Å². The summed E-state index contributed by atoms with van der Waals surface area (Å²) in [6, 6.07) is 9.62. The minimum absolute atomic E-state index is 0.108. The van der Waals surface area contributed by atoms with Crippen LogP contribution in [0.5, 0.6) is 5.75 Å². The Balaban J connectivity index is 1.61. The number of thioether (sulfide) groups is 1. The van der Waals surface area contributed by atoms with Crippen molar-refractivity contribution in [1.29, 1.82) is 0 Å². The summed E-state index contributed by atoms with van der Waals surface area (Å²) in [6.45, 7) is 2.05. The molecule has 0 radical (unpaired) electrons. The fourth-order valence-electron chi connectivity index (χ4n) is 3.51. The Morgan fingerprint density at radius 1 is 1.31 bits per heavy atom. The van der Waals surface area contributed by atoms with Gasteiger partial charge < -0.3 is 19.5 Å². The quantitative estimate of drug-likeness (QED) is 0.194. The molecule has 0 atom stereocenters. The third-order valence-electron chi connectivity index (χ3n) is 5.14. The monoisotopic (exact) mass is 517 g/mol. The average molecular weight is 518 g/mol. The van der Waals surface area contributed by atoms with Crippen LogP contribution in [0, 0.1) is 10.1 Å². The number of methoxy groups -OCH3 is 1. The summed E-state index contributed by atoms with van der Waals surface area (Å²) in [5.74, 6) is -0.354. The number of nitrogens with zero attached hydrogens (tertiary/aromatic N) is 4. The van der Waals surface area contributed by atoms with Crippen LogP contribution in [0.15, 0.2) is 46.5 Å². The molecule has 1 aromatic heterocycles. The first-order chi connectivity index (χ1) is 16.9. The zero-order chi connectivity index (χ0) is 24.9. The first kappa shape index (κ1) is 24.5. The van der Waals surface area contributed by atoms with Gasteiger partial charge in [0.15, 0.2) is 5.82 Å². The molecule has 1 aliphatic heterocycles. The summed E-state index contributed by atoms with van der Waals surface area (Å²) in [4.78, 5) is 29.2. The second-order valence-corrected chi connectivity index (χ2v) is 8.78. The normalized spacial score (nSPS) is 14.1. The van der Waals surface area contributed by atoms with Crippen LogP contribution >= 0.6 is 23.4 Å². The second kappa shape index (κ2) is 10.8. The highest BCUT2D eigenvalue weighted by Crippen LogP contribution is 2.34. The SMILES string of the molecule is COc1ccc(Cl)cc1-c1nc(S/C(=C/c2ccc(N3CCOCC3)c([N+](=O)[O-])c2)C(=O)O)n[nH]1. The van der Waals surface area contributed by atoms with Crippen molar-refractivity contribution in [3.8, 4) is 17.1 Å². The van der Waals surface area contributed by atoms with Gasteiger partial charge in [0.05, 0.1) is 30.8 Å². The molecule has 35 heavy (non-hydrogen) atoms. The fourth-order valence-corrected chi connectivity index (χ4v) is 4.39. The smallest absolute Gasteiger partial charge is 0.342 e. The lowest BCUT2D eigenvalue weighted by molar-refractivity contribution is -0.384. The van der Waals surface area contributed by atoms with Gasteiger partial charge in [-0.05, 0) is 47.7 Å². The van der Waals surface area contributed by atoms with Crippen LogP contribution in [0.25, 0.3) is 17.5 Å². The maximum absolute atomic E-state index is 11.9. The number of carboxylic acid groups (broad SMARTS) is 1. The van der Waals surface area contributed by atoms with Gasteiger partial charge in [-0.25, -0.2) is 9.78 Å². The molecular weight excluding hydrogens is 498 g/mol. The zero-order valence-corrected chi connectivity index (χ0v) is 20.0. The first-order valence-corrected chi connectivity index (χ1v) is 11.6. The van der Waals surface area contributed by atoms with Crippen molar-refractivity contribution in [2.45, 2.75) is 5.16 Å². The number of halogens is 1. The van der Waals surface area contributed by atoms with Crippen LogP contribution in [0.2, 0.25) is 5.02 Å². The number of H-pyrrole nitrogens is 1. The van der Waals surface area contributed by atoms with E-state index in [2.05, 4.69) is 15.2 Å². The molecule has 1 fully saturated rings.